The minimum absolute atomic E-state index is 0.0856. The normalized spacial score (nSPS) is 16.5. The minimum atomic E-state index is -0.176. The van der Waals surface area contributed by atoms with E-state index < -0.39 is 0 Å². The molecule has 4 rings (SSSR count). The number of hydrogen-bond acceptors (Lipinski definition) is 5. The number of rotatable bonds is 8. The Hall–Kier alpha value is -2.90. The summed E-state index contributed by atoms with van der Waals surface area (Å²) >= 11 is 0. The van der Waals surface area contributed by atoms with Crippen LogP contribution in [0, 0.1) is 5.92 Å². The Balaban J connectivity index is 1.21. The van der Waals surface area contributed by atoms with E-state index in [4.69, 9.17) is 4.74 Å². The lowest BCUT2D eigenvalue weighted by atomic mass is 10.1. The predicted molar refractivity (Wildman–Crippen MR) is 102 cm³/mol. The number of aryl methyl sites for hydroxylation is 1. The van der Waals surface area contributed by atoms with Crippen molar-refractivity contribution in [2.24, 2.45) is 5.92 Å². The largest absolute Gasteiger partial charge is 0.497 e. The van der Waals surface area contributed by atoms with Crippen molar-refractivity contribution in [3.05, 3.63) is 41.7 Å². The molecule has 0 radical (unpaired) electrons. The first-order valence-electron chi connectivity index (χ1n) is 9.73. The maximum atomic E-state index is 12.4. The molecule has 148 valence electrons. The van der Waals surface area contributed by atoms with Crippen molar-refractivity contribution in [2.75, 3.05) is 26.7 Å². The van der Waals surface area contributed by atoms with Gasteiger partial charge in [-0.2, -0.15) is 0 Å². The van der Waals surface area contributed by atoms with Crippen molar-refractivity contribution in [2.45, 2.75) is 31.7 Å². The van der Waals surface area contributed by atoms with Crippen molar-refractivity contribution in [3.8, 4) is 5.75 Å². The van der Waals surface area contributed by atoms with Gasteiger partial charge in [0.15, 0.2) is 5.69 Å². The van der Waals surface area contributed by atoms with Gasteiger partial charge < -0.3 is 15.0 Å². The summed E-state index contributed by atoms with van der Waals surface area (Å²) in [5.41, 5.74) is 1.45. The molecule has 0 spiro atoms. The van der Waals surface area contributed by atoms with E-state index in [2.05, 4.69) is 15.6 Å². The number of benzene rings is 1. The van der Waals surface area contributed by atoms with E-state index in [0.717, 1.165) is 11.3 Å². The van der Waals surface area contributed by atoms with Crippen molar-refractivity contribution in [1.29, 1.82) is 0 Å². The third-order valence-electron chi connectivity index (χ3n) is 5.37. The Kier molecular flexibility index (Phi) is 5.27. The summed E-state index contributed by atoms with van der Waals surface area (Å²) < 4.78 is 6.84. The Morgan fingerprint density at radius 2 is 1.96 bits per heavy atom. The lowest BCUT2D eigenvalue weighted by Crippen LogP contribution is -2.51. The van der Waals surface area contributed by atoms with Crippen molar-refractivity contribution in [3.63, 3.8) is 0 Å². The molecule has 0 atom stereocenters. The van der Waals surface area contributed by atoms with Crippen LogP contribution in [-0.4, -0.2) is 58.5 Å². The van der Waals surface area contributed by atoms with E-state index in [-0.39, 0.29) is 17.9 Å². The summed E-state index contributed by atoms with van der Waals surface area (Å²) in [6, 6.07) is 7.86. The first-order valence-corrected chi connectivity index (χ1v) is 9.73. The number of carbonyl (C=O) groups is 2. The standard InChI is InChI=1S/C20H25N5O3/c1-28-17-7-4-14(5-8-17)6-9-19(26)24-11-16(12-24)25-13-18(22-23-25)20(27)21-10-15-2-3-15/h4-5,7-8,13,15-16H,2-3,6,9-12H2,1H3,(H,21,27). The van der Waals surface area contributed by atoms with E-state index in [1.165, 1.54) is 12.8 Å². The summed E-state index contributed by atoms with van der Waals surface area (Å²) in [6.45, 7) is 1.92. The molecule has 1 aliphatic carbocycles. The van der Waals surface area contributed by atoms with Crippen LogP contribution in [0.5, 0.6) is 5.75 Å². The molecule has 1 N–H and O–H groups in total. The van der Waals surface area contributed by atoms with Crippen LogP contribution in [0.1, 0.15) is 41.4 Å². The van der Waals surface area contributed by atoms with Crippen LogP contribution in [0.25, 0.3) is 0 Å². The van der Waals surface area contributed by atoms with Crippen molar-refractivity contribution in [1.82, 2.24) is 25.2 Å². The number of amides is 2. The van der Waals surface area contributed by atoms with E-state index in [1.807, 2.05) is 29.2 Å². The zero-order valence-corrected chi connectivity index (χ0v) is 16.0. The van der Waals surface area contributed by atoms with Gasteiger partial charge in [0.05, 0.1) is 19.3 Å². The molecule has 1 aromatic carbocycles. The summed E-state index contributed by atoms with van der Waals surface area (Å²) in [7, 11) is 1.64. The topological polar surface area (TPSA) is 89.4 Å². The molecule has 2 aliphatic rings. The van der Waals surface area contributed by atoms with Gasteiger partial charge in [-0.05, 0) is 42.9 Å². The molecule has 8 heteroatoms. The van der Waals surface area contributed by atoms with Gasteiger partial charge in [0.25, 0.3) is 5.91 Å². The SMILES string of the molecule is COc1ccc(CCC(=O)N2CC(n3cc(C(=O)NCC4CC4)nn3)C2)cc1. The number of nitrogens with one attached hydrogen (secondary N) is 1. The van der Waals surface area contributed by atoms with Gasteiger partial charge in [0.2, 0.25) is 5.91 Å². The number of ether oxygens (including phenoxy) is 1. The highest BCUT2D eigenvalue weighted by Gasteiger charge is 2.33. The van der Waals surface area contributed by atoms with Crippen molar-refractivity contribution >= 4 is 11.8 Å². The Morgan fingerprint density at radius 1 is 1.21 bits per heavy atom. The molecule has 8 nitrogen and oxygen atoms in total. The van der Waals surface area contributed by atoms with Gasteiger partial charge in [-0.15, -0.1) is 5.10 Å². The zero-order chi connectivity index (χ0) is 19.5. The molecular weight excluding hydrogens is 358 g/mol. The molecule has 1 aliphatic heterocycles. The van der Waals surface area contributed by atoms with Crippen LogP contribution in [-0.2, 0) is 11.2 Å². The highest BCUT2D eigenvalue weighted by molar-refractivity contribution is 5.91. The molecule has 0 unspecified atom stereocenters. The van der Waals surface area contributed by atoms with Crippen LogP contribution in [0.4, 0.5) is 0 Å². The van der Waals surface area contributed by atoms with Crippen LogP contribution < -0.4 is 10.1 Å². The van der Waals surface area contributed by atoms with E-state index >= 15 is 0 Å². The average Bonchev–Trinajstić information content (AvgIpc) is 3.39. The lowest BCUT2D eigenvalue weighted by molar-refractivity contribution is -0.137. The maximum absolute atomic E-state index is 12.4. The monoisotopic (exact) mass is 383 g/mol. The second-order valence-corrected chi connectivity index (χ2v) is 7.54. The second-order valence-electron chi connectivity index (χ2n) is 7.54. The summed E-state index contributed by atoms with van der Waals surface area (Å²) in [5, 5.41) is 10.9. The lowest BCUT2D eigenvalue weighted by Gasteiger charge is -2.39. The number of likely N-dealkylation sites (tertiary alicyclic amines) is 1. The highest BCUT2D eigenvalue weighted by atomic mass is 16.5. The van der Waals surface area contributed by atoms with Gasteiger partial charge in [-0.25, -0.2) is 4.68 Å². The zero-order valence-electron chi connectivity index (χ0n) is 16.0. The van der Waals surface area contributed by atoms with Gasteiger partial charge >= 0.3 is 0 Å². The molecular formula is C20H25N5O3. The van der Waals surface area contributed by atoms with Gasteiger partial charge in [-0.1, -0.05) is 17.3 Å². The van der Waals surface area contributed by atoms with Crippen LogP contribution >= 0.6 is 0 Å². The smallest absolute Gasteiger partial charge is 0.273 e. The summed E-state index contributed by atoms with van der Waals surface area (Å²) in [4.78, 5) is 26.2. The van der Waals surface area contributed by atoms with E-state index in [1.54, 1.807) is 18.0 Å². The Labute approximate surface area is 163 Å². The molecule has 2 aromatic rings. The predicted octanol–water partition coefficient (Wildman–Crippen LogP) is 1.44. The average molecular weight is 383 g/mol. The number of methoxy groups -OCH3 is 1. The Morgan fingerprint density at radius 3 is 2.64 bits per heavy atom. The Bertz CT molecular complexity index is 838. The summed E-state index contributed by atoms with van der Waals surface area (Å²) in [6.07, 6.45) is 5.24. The fraction of sp³-hybridized carbons (Fsp3) is 0.500. The third-order valence-corrected chi connectivity index (χ3v) is 5.37. The van der Waals surface area contributed by atoms with E-state index in [9.17, 15) is 9.59 Å². The van der Waals surface area contributed by atoms with Gasteiger partial charge in [-0.3, -0.25) is 9.59 Å². The molecule has 1 saturated heterocycles. The fourth-order valence-corrected chi connectivity index (χ4v) is 3.24. The first kappa shape index (κ1) is 18.5. The fourth-order valence-electron chi connectivity index (χ4n) is 3.24. The second kappa shape index (κ2) is 8.00. The summed E-state index contributed by atoms with van der Waals surface area (Å²) in [5.74, 6) is 1.40. The number of nitrogens with zero attached hydrogens (tertiary/aromatic N) is 4. The molecule has 1 saturated carbocycles. The molecule has 2 amide bonds. The van der Waals surface area contributed by atoms with E-state index in [0.29, 0.717) is 44.1 Å². The highest BCUT2D eigenvalue weighted by Crippen LogP contribution is 2.27. The quantitative estimate of drug-likeness (QED) is 0.745. The van der Waals surface area contributed by atoms with Crippen LogP contribution in [0.3, 0.4) is 0 Å². The van der Waals surface area contributed by atoms with Crippen molar-refractivity contribution < 1.29 is 14.3 Å². The maximum Gasteiger partial charge on any atom is 0.273 e. The van der Waals surface area contributed by atoms with Crippen LogP contribution in [0.15, 0.2) is 30.5 Å². The number of carbonyl (C=O) groups excluding carboxylic acids is 2. The van der Waals surface area contributed by atoms with Gasteiger partial charge in [0, 0.05) is 26.1 Å². The van der Waals surface area contributed by atoms with Crippen LogP contribution in [0.2, 0.25) is 0 Å². The molecule has 2 fully saturated rings. The minimum Gasteiger partial charge on any atom is -0.497 e. The number of hydrogen-bond donors (Lipinski definition) is 1. The third kappa shape index (κ3) is 4.32. The molecule has 28 heavy (non-hydrogen) atoms. The molecule has 2 heterocycles. The molecule has 1 aromatic heterocycles. The molecule has 0 bridgehead atoms. The first-order chi connectivity index (χ1) is 13.6. The number of aromatic nitrogens is 3. The van der Waals surface area contributed by atoms with Gasteiger partial charge in [0.1, 0.15) is 5.75 Å².